The van der Waals surface area contributed by atoms with E-state index in [0.29, 0.717) is 23.8 Å². The highest BCUT2D eigenvalue weighted by Gasteiger charge is 2.27. The molecule has 0 aromatic carbocycles. The third kappa shape index (κ3) is 2.95. The molecule has 0 fully saturated rings. The number of carbonyl (C=O) groups is 2. The largest absolute Gasteiger partial charge is 0.329 e. The minimum absolute atomic E-state index is 0.0544. The first-order valence-corrected chi connectivity index (χ1v) is 8.25. The van der Waals surface area contributed by atoms with E-state index >= 15 is 0 Å². The van der Waals surface area contributed by atoms with Gasteiger partial charge in [-0.3, -0.25) is 14.8 Å². The Morgan fingerprint density at radius 3 is 2.92 bits per heavy atom. The second-order valence-electron chi connectivity index (χ2n) is 5.40. The quantitative estimate of drug-likeness (QED) is 0.647. The molecule has 9 heteroatoms. The van der Waals surface area contributed by atoms with Crippen LogP contribution in [0.4, 0.5) is 0 Å². The van der Waals surface area contributed by atoms with Gasteiger partial charge in [0.05, 0.1) is 18.0 Å². The van der Waals surface area contributed by atoms with Crippen molar-refractivity contribution in [1.82, 2.24) is 25.1 Å². The maximum atomic E-state index is 12.7. The Morgan fingerprint density at radius 1 is 1.42 bits per heavy atom. The van der Waals surface area contributed by atoms with Crippen molar-refractivity contribution in [3.8, 4) is 0 Å². The molecule has 3 heterocycles. The van der Waals surface area contributed by atoms with Crippen LogP contribution >= 0.6 is 11.3 Å². The number of hydrogen-bond acceptors (Lipinski definition) is 6. The maximum Gasteiger partial charge on any atom is 0.314 e. The Morgan fingerprint density at radius 2 is 2.21 bits per heavy atom. The maximum absolute atomic E-state index is 12.7. The lowest BCUT2D eigenvalue weighted by atomic mass is 10.2. The molecule has 0 radical (unpaired) electrons. The van der Waals surface area contributed by atoms with Crippen molar-refractivity contribution in [1.29, 1.82) is 0 Å². The number of carbonyl (C=O) groups excluding carboxylic acids is 2. The average Bonchev–Trinajstić information content (AvgIpc) is 3.17. The lowest BCUT2D eigenvalue weighted by molar-refractivity contribution is 0.0690. The van der Waals surface area contributed by atoms with E-state index < -0.39 is 5.91 Å². The number of hydrogen-bond donors (Lipinski definition) is 2. The fourth-order valence-corrected chi connectivity index (χ4v) is 3.64. The van der Waals surface area contributed by atoms with Gasteiger partial charge in [0, 0.05) is 11.4 Å². The standard InChI is InChI=1S/C15H17N5O3S/c1-3-4-10-9(2)7-11(24-10)15(22)19-5-6-20-12(8-19)16-13(17-20)14(21)18-23/h3-4,7,23H,5-6,8H2,1-2H3,(H,18,21)/b4-3-. The molecule has 0 saturated heterocycles. The summed E-state index contributed by atoms with van der Waals surface area (Å²) in [5, 5.41) is 12.7. The third-order valence-electron chi connectivity index (χ3n) is 3.74. The molecule has 2 aromatic heterocycles. The summed E-state index contributed by atoms with van der Waals surface area (Å²) < 4.78 is 1.58. The molecule has 24 heavy (non-hydrogen) atoms. The number of allylic oxidation sites excluding steroid dienone is 1. The van der Waals surface area contributed by atoms with Crippen molar-refractivity contribution in [2.24, 2.45) is 0 Å². The minimum Gasteiger partial charge on any atom is -0.329 e. The van der Waals surface area contributed by atoms with Crippen LogP contribution in [0.15, 0.2) is 12.1 Å². The Balaban J connectivity index is 1.79. The van der Waals surface area contributed by atoms with Crippen LogP contribution in [0.2, 0.25) is 0 Å². The van der Waals surface area contributed by atoms with Crippen molar-refractivity contribution in [2.45, 2.75) is 26.9 Å². The molecular weight excluding hydrogens is 330 g/mol. The molecule has 0 atom stereocenters. The minimum atomic E-state index is -0.764. The first-order chi connectivity index (χ1) is 11.5. The number of thiophene rings is 1. The van der Waals surface area contributed by atoms with Crippen molar-refractivity contribution in [3.63, 3.8) is 0 Å². The smallest absolute Gasteiger partial charge is 0.314 e. The van der Waals surface area contributed by atoms with Gasteiger partial charge in [-0.1, -0.05) is 6.08 Å². The molecule has 2 amide bonds. The number of rotatable bonds is 3. The summed E-state index contributed by atoms with van der Waals surface area (Å²) in [5.74, 6) is -0.403. The highest BCUT2D eigenvalue weighted by Crippen LogP contribution is 2.25. The van der Waals surface area contributed by atoms with E-state index in [9.17, 15) is 9.59 Å². The number of hydroxylamine groups is 1. The van der Waals surface area contributed by atoms with Crippen LogP contribution in [0.25, 0.3) is 6.08 Å². The van der Waals surface area contributed by atoms with E-state index in [-0.39, 0.29) is 18.3 Å². The summed E-state index contributed by atoms with van der Waals surface area (Å²) in [4.78, 5) is 31.6. The van der Waals surface area contributed by atoms with Gasteiger partial charge < -0.3 is 4.90 Å². The Kier molecular flexibility index (Phi) is 4.45. The number of amides is 2. The van der Waals surface area contributed by atoms with Crippen molar-refractivity contribution >= 4 is 29.2 Å². The Bertz CT molecular complexity index is 823. The summed E-state index contributed by atoms with van der Waals surface area (Å²) in [6, 6.07) is 1.90. The predicted molar refractivity (Wildman–Crippen MR) is 87.8 cm³/mol. The molecule has 2 N–H and O–H groups in total. The molecule has 0 spiro atoms. The lowest BCUT2D eigenvalue weighted by Gasteiger charge is -2.26. The van der Waals surface area contributed by atoms with Crippen LogP contribution in [0.1, 0.15) is 43.5 Å². The van der Waals surface area contributed by atoms with E-state index in [1.807, 2.05) is 32.1 Å². The third-order valence-corrected chi connectivity index (χ3v) is 4.93. The number of aromatic nitrogens is 3. The number of nitrogens with one attached hydrogen (secondary N) is 1. The highest BCUT2D eigenvalue weighted by atomic mass is 32.1. The van der Waals surface area contributed by atoms with Crippen LogP contribution < -0.4 is 5.48 Å². The van der Waals surface area contributed by atoms with Gasteiger partial charge in [-0.05, 0) is 31.6 Å². The first-order valence-electron chi connectivity index (χ1n) is 7.44. The topological polar surface area (TPSA) is 100 Å². The van der Waals surface area contributed by atoms with Crippen LogP contribution in [-0.4, -0.2) is 43.2 Å². The van der Waals surface area contributed by atoms with Crippen molar-refractivity contribution < 1.29 is 14.8 Å². The second-order valence-corrected chi connectivity index (χ2v) is 6.48. The zero-order chi connectivity index (χ0) is 17.3. The van der Waals surface area contributed by atoms with Crippen LogP contribution in [0.3, 0.4) is 0 Å². The monoisotopic (exact) mass is 347 g/mol. The van der Waals surface area contributed by atoms with Gasteiger partial charge in [-0.25, -0.2) is 15.1 Å². The van der Waals surface area contributed by atoms with Gasteiger partial charge in [0.15, 0.2) is 0 Å². The second kappa shape index (κ2) is 6.54. The zero-order valence-electron chi connectivity index (χ0n) is 13.3. The summed E-state index contributed by atoms with van der Waals surface area (Å²) in [7, 11) is 0. The van der Waals surface area contributed by atoms with Crippen molar-refractivity contribution in [2.75, 3.05) is 6.54 Å². The average molecular weight is 347 g/mol. The van der Waals surface area contributed by atoms with E-state index in [2.05, 4.69) is 10.1 Å². The van der Waals surface area contributed by atoms with Gasteiger partial charge >= 0.3 is 5.91 Å². The summed E-state index contributed by atoms with van der Waals surface area (Å²) in [6.07, 6.45) is 3.94. The van der Waals surface area contributed by atoms with Gasteiger partial charge in [0.25, 0.3) is 5.91 Å². The Hall–Kier alpha value is -2.52. The summed E-state index contributed by atoms with van der Waals surface area (Å²) in [6.45, 7) is 5.15. The molecule has 126 valence electrons. The summed E-state index contributed by atoms with van der Waals surface area (Å²) >= 11 is 1.46. The molecule has 1 aliphatic heterocycles. The zero-order valence-corrected chi connectivity index (χ0v) is 14.1. The normalized spacial score (nSPS) is 14.0. The van der Waals surface area contributed by atoms with Gasteiger partial charge in [-0.2, -0.15) is 0 Å². The van der Waals surface area contributed by atoms with Crippen LogP contribution in [0.5, 0.6) is 0 Å². The SMILES string of the molecule is C/C=C\c1sc(C(=O)N2CCn3nc(C(=O)NO)nc3C2)cc1C. The molecule has 8 nitrogen and oxygen atoms in total. The first kappa shape index (κ1) is 16.3. The molecule has 2 aromatic rings. The molecule has 0 unspecified atom stereocenters. The Labute approximate surface area is 142 Å². The van der Waals surface area contributed by atoms with Gasteiger partial charge in [0.1, 0.15) is 5.82 Å². The molecular formula is C15H17N5O3S. The lowest BCUT2D eigenvalue weighted by Crippen LogP contribution is -2.38. The molecule has 0 aliphatic carbocycles. The molecule has 0 saturated carbocycles. The van der Waals surface area contributed by atoms with Gasteiger partial charge in [0.2, 0.25) is 5.82 Å². The summed E-state index contributed by atoms with van der Waals surface area (Å²) in [5.41, 5.74) is 2.58. The number of nitrogens with zero attached hydrogens (tertiary/aromatic N) is 4. The number of fused-ring (bicyclic) bond motifs is 1. The van der Waals surface area contributed by atoms with Crippen molar-refractivity contribution in [3.05, 3.63) is 39.1 Å². The van der Waals surface area contributed by atoms with Crippen LogP contribution in [-0.2, 0) is 13.1 Å². The number of aryl methyl sites for hydroxylation is 1. The van der Waals surface area contributed by atoms with Gasteiger partial charge in [-0.15, -0.1) is 16.4 Å². The highest BCUT2D eigenvalue weighted by molar-refractivity contribution is 7.15. The van der Waals surface area contributed by atoms with E-state index in [1.54, 1.807) is 9.58 Å². The molecule has 1 aliphatic rings. The van der Waals surface area contributed by atoms with E-state index in [4.69, 9.17) is 5.21 Å². The predicted octanol–water partition coefficient (Wildman–Crippen LogP) is 1.46. The molecule has 0 bridgehead atoms. The fraction of sp³-hybridized carbons (Fsp3) is 0.333. The van der Waals surface area contributed by atoms with Crippen LogP contribution in [0, 0.1) is 6.92 Å². The van der Waals surface area contributed by atoms with E-state index in [0.717, 1.165) is 10.4 Å². The molecule has 3 rings (SSSR count). The van der Waals surface area contributed by atoms with E-state index in [1.165, 1.54) is 16.8 Å². The fourth-order valence-electron chi connectivity index (χ4n) is 2.53.